The molecule has 9 heteroatoms. The van der Waals surface area contributed by atoms with Crippen molar-refractivity contribution in [1.29, 1.82) is 5.41 Å². The maximum atomic E-state index is 14.3. The minimum atomic E-state index is -1.94. The Morgan fingerprint density at radius 1 is 0.968 bits per heavy atom. The molecule has 5 nitrogen and oxygen atoms in total. The Bertz CT molecular complexity index is 1350. The third-order valence-electron chi connectivity index (χ3n) is 5.00. The van der Waals surface area contributed by atoms with Gasteiger partial charge in [0.05, 0.1) is 16.2 Å². The maximum Gasteiger partial charge on any atom is 0.491 e. The molecule has 0 aliphatic heterocycles. The van der Waals surface area contributed by atoms with E-state index in [1.165, 1.54) is 24.3 Å². The maximum absolute atomic E-state index is 14.3. The molecule has 4 aromatic rings. The van der Waals surface area contributed by atoms with E-state index in [2.05, 4.69) is 4.98 Å². The molecule has 3 aromatic carbocycles. The van der Waals surface area contributed by atoms with E-state index in [9.17, 15) is 18.8 Å². The summed E-state index contributed by atoms with van der Waals surface area (Å²) >= 11 is 5.99. The zero-order chi connectivity index (χ0) is 22.3. The number of aromatic nitrogens is 1. The monoisotopic (exact) mass is 437 g/mol. The first kappa shape index (κ1) is 20.9. The second-order valence-corrected chi connectivity index (χ2v) is 7.31. The van der Waals surface area contributed by atoms with Crippen molar-refractivity contribution in [1.82, 2.24) is 4.98 Å². The van der Waals surface area contributed by atoms with Gasteiger partial charge in [0.25, 0.3) is 0 Å². The van der Waals surface area contributed by atoms with E-state index in [0.717, 1.165) is 12.3 Å². The molecule has 0 atom stereocenters. The van der Waals surface area contributed by atoms with Crippen LogP contribution in [0, 0.1) is 17.0 Å². The quantitative estimate of drug-likeness (QED) is 0.222. The van der Waals surface area contributed by atoms with Crippen LogP contribution in [-0.4, -0.2) is 28.4 Å². The van der Waals surface area contributed by atoms with Crippen molar-refractivity contribution in [3.8, 4) is 22.4 Å². The van der Waals surface area contributed by atoms with Crippen molar-refractivity contribution in [3.05, 3.63) is 76.8 Å². The molecule has 5 N–H and O–H groups in total. The van der Waals surface area contributed by atoms with Gasteiger partial charge in [-0.3, -0.25) is 0 Å². The summed E-state index contributed by atoms with van der Waals surface area (Å²) in [6.07, 6.45) is 1.12. The summed E-state index contributed by atoms with van der Waals surface area (Å²) in [6, 6.07) is 13.1. The molecule has 0 fully saturated rings. The SMILES string of the molecule is N=Cc1c(N)ccc2nc(-c3ccc(B(O)O)c(F)c3)cc(-c3ccc(F)c(Cl)c3)c12. The topological polar surface area (TPSA) is 103 Å². The van der Waals surface area contributed by atoms with Crippen LogP contribution in [0.2, 0.25) is 5.02 Å². The summed E-state index contributed by atoms with van der Waals surface area (Å²) in [5.74, 6) is -1.37. The Morgan fingerprint density at radius 2 is 1.71 bits per heavy atom. The number of hydrogen-bond acceptors (Lipinski definition) is 5. The van der Waals surface area contributed by atoms with Crippen molar-refractivity contribution in [2.75, 3.05) is 5.73 Å². The number of nitrogens with two attached hydrogens (primary N) is 1. The van der Waals surface area contributed by atoms with Crippen molar-refractivity contribution >= 4 is 47.0 Å². The molecule has 0 saturated heterocycles. The summed E-state index contributed by atoms with van der Waals surface area (Å²) in [6.45, 7) is 0. The van der Waals surface area contributed by atoms with E-state index in [4.69, 9.17) is 22.7 Å². The molecule has 154 valence electrons. The predicted molar refractivity (Wildman–Crippen MR) is 120 cm³/mol. The number of nitrogens with zero attached hydrogens (tertiary/aromatic N) is 1. The van der Waals surface area contributed by atoms with E-state index in [0.29, 0.717) is 44.5 Å². The van der Waals surface area contributed by atoms with Gasteiger partial charge in [0.1, 0.15) is 11.6 Å². The lowest BCUT2D eigenvalue weighted by Crippen LogP contribution is -2.32. The lowest BCUT2D eigenvalue weighted by Gasteiger charge is -2.14. The first-order valence-corrected chi connectivity index (χ1v) is 9.53. The molecule has 0 bridgehead atoms. The summed E-state index contributed by atoms with van der Waals surface area (Å²) in [5, 5.41) is 26.8. The van der Waals surface area contributed by atoms with Gasteiger partial charge in [-0.05, 0) is 47.5 Å². The number of nitrogen functional groups attached to an aromatic ring is 1. The van der Waals surface area contributed by atoms with E-state index in [-0.39, 0.29) is 10.5 Å². The summed E-state index contributed by atoms with van der Waals surface area (Å²) < 4.78 is 28.1. The second kappa shape index (κ2) is 8.07. The third kappa shape index (κ3) is 3.77. The zero-order valence-corrected chi connectivity index (χ0v) is 16.7. The number of rotatable bonds is 4. The van der Waals surface area contributed by atoms with Gasteiger partial charge in [0.15, 0.2) is 0 Å². The third-order valence-corrected chi connectivity index (χ3v) is 5.29. The molecule has 4 rings (SSSR count). The first-order valence-electron chi connectivity index (χ1n) is 9.15. The first-order chi connectivity index (χ1) is 14.8. The molecule has 0 radical (unpaired) electrons. The fraction of sp³-hybridized carbons (Fsp3) is 0. The van der Waals surface area contributed by atoms with Crippen LogP contribution in [0.15, 0.2) is 54.6 Å². The standard InChI is InChI=1S/C22H15BClF2N3O2/c24-16-7-11(2-4-17(16)25)13-9-21(12-1-3-15(23(30)31)18(26)8-12)29-20-6-5-19(28)14(10-27)22(13)20/h1-10,27,30-31H,28H2. The molecule has 31 heavy (non-hydrogen) atoms. The number of hydrogen-bond donors (Lipinski definition) is 4. The zero-order valence-electron chi connectivity index (χ0n) is 15.9. The fourth-order valence-electron chi connectivity index (χ4n) is 3.46. The van der Waals surface area contributed by atoms with Crippen LogP contribution in [0.1, 0.15) is 5.56 Å². The minimum Gasteiger partial charge on any atom is -0.423 e. The average Bonchev–Trinajstić information content (AvgIpc) is 2.74. The van der Waals surface area contributed by atoms with E-state index in [1.54, 1.807) is 24.3 Å². The van der Waals surface area contributed by atoms with Gasteiger partial charge < -0.3 is 21.2 Å². The Morgan fingerprint density at radius 3 is 2.35 bits per heavy atom. The molecule has 0 amide bonds. The van der Waals surface area contributed by atoms with Gasteiger partial charge in [-0.1, -0.05) is 29.8 Å². The highest BCUT2D eigenvalue weighted by Gasteiger charge is 2.19. The number of nitrogens with one attached hydrogen (secondary N) is 1. The highest BCUT2D eigenvalue weighted by Crippen LogP contribution is 2.36. The fourth-order valence-corrected chi connectivity index (χ4v) is 3.64. The molecule has 0 aliphatic carbocycles. The van der Waals surface area contributed by atoms with Gasteiger partial charge in [0, 0.05) is 33.9 Å². The van der Waals surface area contributed by atoms with E-state index in [1.807, 2.05) is 0 Å². The number of anilines is 1. The normalized spacial score (nSPS) is 11.0. The molecular formula is C22H15BClF2N3O2. The Labute approximate surface area is 181 Å². The van der Waals surface area contributed by atoms with Crippen molar-refractivity contribution in [2.45, 2.75) is 0 Å². The van der Waals surface area contributed by atoms with Crippen LogP contribution < -0.4 is 11.2 Å². The van der Waals surface area contributed by atoms with E-state index >= 15 is 0 Å². The molecule has 0 aliphatic rings. The van der Waals surface area contributed by atoms with Crippen LogP contribution in [0.3, 0.4) is 0 Å². The van der Waals surface area contributed by atoms with Gasteiger partial charge >= 0.3 is 7.12 Å². The molecule has 0 unspecified atom stereocenters. The highest BCUT2D eigenvalue weighted by atomic mass is 35.5. The molecule has 1 aromatic heterocycles. The summed E-state index contributed by atoms with van der Waals surface area (Å²) in [5.41, 5.74) is 9.04. The van der Waals surface area contributed by atoms with Gasteiger partial charge in [0.2, 0.25) is 0 Å². The number of benzene rings is 3. The van der Waals surface area contributed by atoms with Crippen LogP contribution in [0.5, 0.6) is 0 Å². The Kier molecular flexibility index (Phi) is 5.45. The number of halogens is 3. The van der Waals surface area contributed by atoms with Gasteiger partial charge in [-0.2, -0.15) is 0 Å². The smallest absolute Gasteiger partial charge is 0.423 e. The average molecular weight is 438 g/mol. The van der Waals surface area contributed by atoms with Crippen LogP contribution >= 0.6 is 11.6 Å². The Balaban J connectivity index is 2.04. The van der Waals surface area contributed by atoms with Crippen LogP contribution in [-0.2, 0) is 0 Å². The molecule has 0 spiro atoms. The number of pyridine rings is 1. The van der Waals surface area contributed by atoms with Crippen molar-refractivity contribution < 1.29 is 18.8 Å². The molecule has 0 saturated carbocycles. The van der Waals surface area contributed by atoms with E-state index < -0.39 is 18.8 Å². The van der Waals surface area contributed by atoms with Crippen LogP contribution in [0.4, 0.5) is 14.5 Å². The van der Waals surface area contributed by atoms with Crippen molar-refractivity contribution in [2.24, 2.45) is 0 Å². The van der Waals surface area contributed by atoms with Gasteiger partial charge in [-0.15, -0.1) is 0 Å². The minimum absolute atomic E-state index is 0.0725. The molecular weight excluding hydrogens is 423 g/mol. The lowest BCUT2D eigenvalue weighted by atomic mass is 9.79. The lowest BCUT2D eigenvalue weighted by molar-refractivity contribution is 0.423. The predicted octanol–water partition coefficient (Wildman–Crippen LogP) is 3.76. The van der Waals surface area contributed by atoms with Gasteiger partial charge in [-0.25, -0.2) is 13.8 Å². The summed E-state index contributed by atoms with van der Waals surface area (Å²) in [7, 11) is -1.94. The van der Waals surface area contributed by atoms with Crippen molar-refractivity contribution in [3.63, 3.8) is 0 Å². The Hall–Kier alpha value is -3.33. The second-order valence-electron chi connectivity index (χ2n) is 6.90. The largest absolute Gasteiger partial charge is 0.491 e. The van der Waals surface area contributed by atoms with Crippen LogP contribution in [0.25, 0.3) is 33.3 Å². The molecule has 1 heterocycles. The number of fused-ring (bicyclic) bond motifs is 1. The highest BCUT2D eigenvalue weighted by molar-refractivity contribution is 6.58. The summed E-state index contributed by atoms with van der Waals surface area (Å²) in [4.78, 5) is 4.58.